The molecule has 4 aromatic rings. The maximum Gasteiger partial charge on any atom is 0.326 e. The number of carboxylic acids is 2. The quantitative estimate of drug-likeness (QED) is 0.0526. The number of benzene rings is 3. The van der Waals surface area contributed by atoms with Crippen LogP contribution in [0.15, 0.2) is 85.1 Å². The highest BCUT2D eigenvalue weighted by molar-refractivity contribution is 5.98. The first-order valence-electron chi connectivity index (χ1n) is 21.4. The Balaban J connectivity index is 1.34. The number of fused-ring (bicyclic) bond motifs is 1. The van der Waals surface area contributed by atoms with Gasteiger partial charge < -0.3 is 57.5 Å². The van der Waals surface area contributed by atoms with Gasteiger partial charge in [0.1, 0.15) is 42.0 Å². The van der Waals surface area contributed by atoms with E-state index in [1.807, 2.05) is 13.8 Å². The van der Waals surface area contributed by atoms with Crippen LogP contribution in [0.25, 0.3) is 10.9 Å². The van der Waals surface area contributed by atoms with Crippen molar-refractivity contribution in [1.29, 1.82) is 0 Å². The number of likely N-dealkylation sites (tertiary alicyclic amines) is 1. The molecule has 6 atom stereocenters. The molecule has 1 aliphatic rings. The van der Waals surface area contributed by atoms with Crippen LogP contribution in [0.4, 0.5) is 0 Å². The van der Waals surface area contributed by atoms with Crippen LogP contribution in [0.5, 0.6) is 5.75 Å². The van der Waals surface area contributed by atoms with Crippen LogP contribution in [0.2, 0.25) is 0 Å². The molecule has 346 valence electrons. The Labute approximate surface area is 374 Å². The number of carbonyl (C=O) groups excluding carboxylic acids is 6. The van der Waals surface area contributed by atoms with Gasteiger partial charge in [0.15, 0.2) is 0 Å². The van der Waals surface area contributed by atoms with Crippen molar-refractivity contribution in [2.45, 2.75) is 95.0 Å². The normalized spacial score (nSPS) is 15.8. The summed E-state index contributed by atoms with van der Waals surface area (Å²) in [4.78, 5) is 111. The Morgan fingerprint density at radius 1 is 0.708 bits per heavy atom. The van der Waals surface area contributed by atoms with Crippen molar-refractivity contribution in [2.75, 3.05) is 13.1 Å². The largest absolute Gasteiger partial charge is 0.508 e. The first-order chi connectivity index (χ1) is 31.0. The predicted molar refractivity (Wildman–Crippen MR) is 237 cm³/mol. The van der Waals surface area contributed by atoms with Gasteiger partial charge >= 0.3 is 11.9 Å². The van der Waals surface area contributed by atoms with Gasteiger partial charge in [-0.25, -0.2) is 4.79 Å². The van der Waals surface area contributed by atoms with E-state index >= 15 is 0 Å². The minimum Gasteiger partial charge on any atom is -0.508 e. The third kappa shape index (κ3) is 13.9. The summed E-state index contributed by atoms with van der Waals surface area (Å²) >= 11 is 0. The standard InChI is InChI=1S/C46H56N8O11/c1-26(2)19-36(52-41(59)33(49-39(56)24-47)20-27-9-4-3-5-10-27)45(63)54-18-8-13-38(54)44(62)51-35(23-40(57)58)43(61)50-34(22-29-25-48-32-12-7-6-11-31(29)32)42(60)53-37(46(64)65)21-28-14-16-30(55)17-15-28/h3-7,9-12,14-17,25-26,33-38,48,55H,8,13,18-24,47H2,1-2H3,(H,49,56)(H,50,61)(H,51,62)(H,52,59)(H,53,60)(H,57,58)(H,64,65)/t33-,34-,35-,36-,37-,38-/m0/s1. The molecule has 0 unspecified atom stereocenters. The molecule has 1 aromatic heterocycles. The smallest absolute Gasteiger partial charge is 0.326 e. The third-order valence-electron chi connectivity index (χ3n) is 11.0. The lowest BCUT2D eigenvalue weighted by molar-refractivity contribution is -0.144. The van der Waals surface area contributed by atoms with Crippen LogP contribution in [0.3, 0.4) is 0 Å². The minimum absolute atomic E-state index is 0.0415. The number of H-pyrrole nitrogens is 1. The summed E-state index contributed by atoms with van der Waals surface area (Å²) in [6.45, 7) is 3.42. The van der Waals surface area contributed by atoms with E-state index in [0.717, 1.165) is 11.1 Å². The van der Waals surface area contributed by atoms with Gasteiger partial charge in [-0.3, -0.25) is 33.6 Å². The number of aliphatic carboxylic acids is 2. The summed E-state index contributed by atoms with van der Waals surface area (Å²) in [6.07, 6.45) is 1.15. The van der Waals surface area contributed by atoms with Gasteiger partial charge in [0.2, 0.25) is 35.4 Å². The van der Waals surface area contributed by atoms with E-state index in [2.05, 4.69) is 31.6 Å². The maximum absolute atomic E-state index is 14.3. The Bertz CT molecular complexity index is 2340. The molecule has 3 aromatic carbocycles. The Morgan fingerprint density at radius 2 is 1.29 bits per heavy atom. The number of phenolic OH excluding ortho intramolecular Hbond substituents is 1. The molecule has 5 rings (SSSR count). The highest BCUT2D eigenvalue weighted by Gasteiger charge is 2.40. The highest BCUT2D eigenvalue weighted by Crippen LogP contribution is 2.23. The van der Waals surface area contributed by atoms with Gasteiger partial charge in [-0.05, 0) is 60.1 Å². The van der Waals surface area contributed by atoms with Crippen LogP contribution >= 0.6 is 0 Å². The van der Waals surface area contributed by atoms with Crippen molar-refractivity contribution >= 4 is 58.3 Å². The number of amides is 6. The zero-order valence-corrected chi connectivity index (χ0v) is 36.1. The number of phenols is 1. The molecule has 0 bridgehead atoms. The molecular formula is C46H56N8O11. The molecule has 19 heteroatoms. The maximum atomic E-state index is 14.3. The predicted octanol–water partition coefficient (Wildman–Crippen LogP) is 0.881. The number of hydrogen-bond acceptors (Lipinski definition) is 10. The molecule has 2 heterocycles. The summed E-state index contributed by atoms with van der Waals surface area (Å²) in [5.74, 6) is -7.62. The Kier molecular flexibility index (Phi) is 17.2. The van der Waals surface area contributed by atoms with Crippen molar-refractivity contribution < 1.29 is 53.7 Å². The summed E-state index contributed by atoms with van der Waals surface area (Å²) in [6, 6.07) is 13.7. The summed E-state index contributed by atoms with van der Waals surface area (Å²) in [5, 5.41) is 43.2. The van der Waals surface area contributed by atoms with Gasteiger partial charge in [-0.15, -0.1) is 0 Å². The molecule has 19 nitrogen and oxygen atoms in total. The number of nitrogens with zero attached hydrogens (tertiary/aromatic N) is 1. The van der Waals surface area contributed by atoms with Crippen LogP contribution in [-0.4, -0.2) is 122 Å². The number of para-hydroxylation sites is 1. The first kappa shape index (κ1) is 48.7. The second kappa shape index (κ2) is 22.9. The monoisotopic (exact) mass is 896 g/mol. The lowest BCUT2D eigenvalue weighted by Gasteiger charge is -2.31. The zero-order chi connectivity index (χ0) is 47.2. The lowest BCUT2D eigenvalue weighted by Crippen LogP contribution is -2.60. The number of nitrogens with one attached hydrogen (secondary N) is 6. The topological polar surface area (TPSA) is 302 Å². The molecule has 0 spiro atoms. The first-order valence-corrected chi connectivity index (χ1v) is 21.4. The number of aromatic nitrogens is 1. The fourth-order valence-corrected chi connectivity index (χ4v) is 7.77. The highest BCUT2D eigenvalue weighted by atomic mass is 16.4. The zero-order valence-electron chi connectivity index (χ0n) is 36.1. The van der Waals surface area contributed by atoms with Crippen LogP contribution in [0.1, 0.15) is 56.2 Å². The molecule has 1 aliphatic heterocycles. The van der Waals surface area contributed by atoms with Crippen LogP contribution in [0, 0.1) is 5.92 Å². The SMILES string of the molecule is CC(C)C[C@H](NC(=O)[C@H](Cc1ccccc1)NC(=O)CN)C(=O)N1CCC[C@H]1C(=O)N[C@@H](CC(=O)O)C(=O)N[C@@H](Cc1c[nH]c2ccccc12)C(=O)N[C@@H](Cc1ccc(O)cc1)C(=O)O. The molecular weight excluding hydrogens is 841 g/mol. The number of rotatable bonds is 22. The Morgan fingerprint density at radius 3 is 1.94 bits per heavy atom. The molecule has 6 amide bonds. The molecule has 0 radical (unpaired) electrons. The van der Waals surface area contributed by atoms with E-state index in [0.29, 0.717) is 22.9 Å². The van der Waals surface area contributed by atoms with E-state index in [9.17, 15) is 53.7 Å². The van der Waals surface area contributed by atoms with E-state index in [4.69, 9.17) is 5.73 Å². The van der Waals surface area contributed by atoms with Crippen molar-refractivity contribution in [2.24, 2.45) is 11.7 Å². The molecule has 0 aliphatic carbocycles. The molecule has 1 saturated heterocycles. The summed E-state index contributed by atoms with van der Waals surface area (Å²) in [5.41, 5.74) is 8.04. The fraction of sp³-hybridized carbons (Fsp3) is 0.391. The number of carboxylic acid groups (broad SMARTS) is 2. The van der Waals surface area contributed by atoms with E-state index in [1.165, 1.54) is 29.2 Å². The van der Waals surface area contributed by atoms with E-state index in [-0.39, 0.29) is 56.9 Å². The number of carbonyl (C=O) groups is 8. The average Bonchev–Trinajstić information content (AvgIpc) is 3.93. The number of aromatic amines is 1. The minimum atomic E-state index is -1.75. The average molecular weight is 897 g/mol. The molecule has 65 heavy (non-hydrogen) atoms. The van der Waals surface area contributed by atoms with Gasteiger partial charge in [0.05, 0.1) is 13.0 Å². The van der Waals surface area contributed by atoms with Crippen molar-refractivity contribution in [1.82, 2.24) is 36.5 Å². The number of aromatic hydroxyl groups is 1. The van der Waals surface area contributed by atoms with Crippen molar-refractivity contribution in [3.8, 4) is 5.75 Å². The fourth-order valence-electron chi connectivity index (χ4n) is 7.77. The summed E-state index contributed by atoms with van der Waals surface area (Å²) < 4.78 is 0. The van der Waals surface area contributed by atoms with Gasteiger partial charge in [0.25, 0.3) is 0 Å². The number of nitrogens with two attached hydrogens (primary N) is 1. The van der Waals surface area contributed by atoms with Gasteiger partial charge in [0, 0.05) is 42.9 Å². The van der Waals surface area contributed by atoms with Gasteiger partial charge in [-0.2, -0.15) is 0 Å². The van der Waals surface area contributed by atoms with Crippen molar-refractivity contribution in [3.63, 3.8) is 0 Å². The second-order valence-electron chi connectivity index (χ2n) is 16.4. The van der Waals surface area contributed by atoms with Crippen LogP contribution in [-0.2, 0) is 57.6 Å². The van der Waals surface area contributed by atoms with Crippen LogP contribution < -0.4 is 32.3 Å². The lowest BCUT2D eigenvalue weighted by atomic mass is 10.00. The molecule has 11 N–H and O–H groups in total. The molecule has 0 saturated carbocycles. The Hall–Kier alpha value is -7.28. The second-order valence-corrected chi connectivity index (χ2v) is 16.4. The number of hydrogen-bond donors (Lipinski definition) is 10. The van der Waals surface area contributed by atoms with E-state index < -0.39 is 90.1 Å². The molecule has 1 fully saturated rings. The summed E-state index contributed by atoms with van der Waals surface area (Å²) in [7, 11) is 0. The van der Waals surface area contributed by atoms with Gasteiger partial charge in [-0.1, -0.05) is 74.5 Å². The van der Waals surface area contributed by atoms with Crippen molar-refractivity contribution in [3.05, 3.63) is 102 Å². The third-order valence-corrected chi connectivity index (χ3v) is 11.0. The van der Waals surface area contributed by atoms with E-state index in [1.54, 1.807) is 60.8 Å².